The lowest BCUT2D eigenvalue weighted by atomic mass is 9.99. The fourth-order valence-electron chi connectivity index (χ4n) is 7.06. The van der Waals surface area contributed by atoms with Crippen LogP contribution in [-0.2, 0) is 42.9 Å². The number of benzene rings is 2. The quantitative estimate of drug-likeness (QED) is 0.0465. The van der Waals surface area contributed by atoms with E-state index in [1.54, 1.807) is 77.1 Å². The van der Waals surface area contributed by atoms with Gasteiger partial charge in [-0.25, -0.2) is 0 Å². The third-order valence-corrected chi connectivity index (χ3v) is 11.8. The topological polar surface area (TPSA) is 237 Å². The number of nitrogens with zero attached hydrogens (tertiary/aromatic N) is 4. The number of esters is 2. The molecule has 3 amide bonds. The molecule has 0 spiro atoms. The molecule has 2 aromatic heterocycles. The number of carbonyl (C=O) groups excluding carboxylic acids is 5. The predicted octanol–water partition coefficient (Wildman–Crippen LogP) is 6.41. The summed E-state index contributed by atoms with van der Waals surface area (Å²) in [5.74, 6) is -0.540. The Bertz CT molecular complexity index is 2440. The molecule has 18 nitrogen and oxygen atoms in total. The van der Waals surface area contributed by atoms with Crippen LogP contribution in [0.5, 0.6) is 5.75 Å². The van der Waals surface area contributed by atoms with Crippen molar-refractivity contribution in [3.05, 3.63) is 86.8 Å². The number of anilines is 1. The van der Waals surface area contributed by atoms with Crippen molar-refractivity contribution in [2.24, 2.45) is 10.7 Å². The molecule has 1 aliphatic heterocycles. The van der Waals surface area contributed by atoms with E-state index in [1.807, 2.05) is 35.8 Å². The molecule has 3 atom stereocenters. The number of rotatable bonds is 23. The largest absolute Gasteiger partial charge is 0.491 e. The molecule has 0 saturated carbocycles. The average Bonchev–Trinajstić information content (AvgIpc) is 3.75. The van der Waals surface area contributed by atoms with Gasteiger partial charge in [0.2, 0.25) is 17.7 Å². The summed E-state index contributed by atoms with van der Waals surface area (Å²) >= 11 is 7.89. The van der Waals surface area contributed by atoms with E-state index in [4.69, 9.17) is 46.0 Å². The molecule has 3 heterocycles. The van der Waals surface area contributed by atoms with E-state index in [1.165, 1.54) is 0 Å². The molecule has 69 heavy (non-hydrogen) atoms. The van der Waals surface area contributed by atoms with E-state index in [0.29, 0.717) is 28.1 Å². The first-order chi connectivity index (χ1) is 32.6. The zero-order valence-corrected chi connectivity index (χ0v) is 42.4. The second kappa shape index (κ2) is 24.7. The van der Waals surface area contributed by atoms with Gasteiger partial charge >= 0.3 is 11.9 Å². The van der Waals surface area contributed by atoms with Crippen LogP contribution in [0.2, 0.25) is 5.02 Å². The molecule has 0 fully saturated rings. The number of amides is 3. The van der Waals surface area contributed by atoms with Crippen LogP contribution >= 0.6 is 22.9 Å². The minimum absolute atomic E-state index is 0.00842. The molecule has 4 aromatic rings. The zero-order valence-electron chi connectivity index (χ0n) is 40.9. The van der Waals surface area contributed by atoms with Gasteiger partial charge in [0.15, 0.2) is 5.82 Å². The number of nitrogens with two attached hydrogens (primary N) is 1. The van der Waals surface area contributed by atoms with E-state index in [0.717, 1.165) is 32.3 Å². The second-order valence-corrected chi connectivity index (χ2v) is 20.1. The first-order valence-corrected chi connectivity index (χ1v) is 24.1. The molecular weight excluding hydrogens is 928 g/mol. The van der Waals surface area contributed by atoms with Crippen molar-refractivity contribution in [2.45, 2.75) is 124 Å². The first-order valence-electron chi connectivity index (χ1n) is 22.9. The Morgan fingerprint density at radius 2 is 1.41 bits per heavy atom. The summed E-state index contributed by atoms with van der Waals surface area (Å²) in [4.78, 5) is 70.4. The summed E-state index contributed by atoms with van der Waals surface area (Å²) in [5, 5.41) is 18.7. The lowest BCUT2D eigenvalue weighted by Gasteiger charge is -2.23. The summed E-state index contributed by atoms with van der Waals surface area (Å²) in [6.45, 7) is 17.8. The Balaban J connectivity index is 1.02. The number of aryl methyl sites for hydroxylation is 2. The average molecular weight is 994 g/mol. The van der Waals surface area contributed by atoms with Crippen molar-refractivity contribution in [1.29, 1.82) is 0 Å². The summed E-state index contributed by atoms with van der Waals surface area (Å²) in [6, 6.07) is 11.8. The molecule has 20 heteroatoms. The van der Waals surface area contributed by atoms with Crippen molar-refractivity contribution >= 4 is 64.0 Å². The van der Waals surface area contributed by atoms with Crippen LogP contribution < -0.4 is 26.4 Å². The van der Waals surface area contributed by atoms with E-state index in [-0.39, 0.29) is 77.6 Å². The number of carbonyl (C=O) groups is 5. The van der Waals surface area contributed by atoms with Crippen LogP contribution in [0.3, 0.4) is 0 Å². The highest BCUT2D eigenvalue weighted by Crippen LogP contribution is 2.39. The number of thiophene rings is 1. The molecule has 5 N–H and O–H groups in total. The Morgan fingerprint density at radius 3 is 2.04 bits per heavy atom. The van der Waals surface area contributed by atoms with Crippen molar-refractivity contribution in [2.75, 3.05) is 44.9 Å². The van der Waals surface area contributed by atoms with Gasteiger partial charge in [0.1, 0.15) is 46.5 Å². The van der Waals surface area contributed by atoms with Gasteiger partial charge < -0.3 is 45.4 Å². The second-order valence-electron chi connectivity index (χ2n) is 18.5. The summed E-state index contributed by atoms with van der Waals surface area (Å²) in [7, 11) is 0. The van der Waals surface area contributed by atoms with E-state index in [2.05, 4.69) is 40.0 Å². The summed E-state index contributed by atoms with van der Waals surface area (Å²) in [6.07, 6.45) is -0.199. The standard InChI is InChI=1S/C49H65ClN8O10S/c1-29-30(2)69-47-42(29)43(32-10-12-33(50)13-11-32)54-38(44-57-56-31(3)58(44)47)28-39(59)53-34-14-16-35(17-15-34)66-27-26-65-25-24-64-23-22-52-46(63)37(19-21-41(61)68-49(7,8)9)55-45(62)36(51)18-20-40(60)67-48(4,5)6/h10-17,36-38H,18-28,51H2,1-9H3,(H,52,63)(H,53,59)(H,55,62)/t36-,37-,38+/m1/s1. The normalized spacial score (nSPS) is 14.3. The van der Waals surface area contributed by atoms with E-state index >= 15 is 0 Å². The molecule has 374 valence electrons. The maximum atomic E-state index is 13.6. The number of hydrogen-bond acceptors (Lipinski definition) is 15. The summed E-state index contributed by atoms with van der Waals surface area (Å²) in [5.41, 5.74) is 8.98. The van der Waals surface area contributed by atoms with Crippen molar-refractivity contribution < 1.29 is 47.7 Å². The SMILES string of the molecule is Cc1sc2c(c1C)C(c1ccc(Cl)cc1)=N[C@@H](CC(=O)Nc1ccc(OCCOCCOCCNC(=O)[C@@H](CCC(=O)OC(C)(C)C)NC(=O)[C@H](N)CCC(=O)OC(C)(C)C)cc1)c1nnc(C)n1-2. The number of fused-ring (bicyclic) bond motifs is 3. The first kappa shape index (κ1) is 54.2. The molecule has 0 unspecified atom stereocenters. The molecule has 0 aliphatic carbocycles. The number of aromatic nitrogens is 3. The van der Waals surface area contributed by atoms with Crippen LogP contribution in [0.15, 0.2) is 53.5 Å². The van der Waals surface area contributed by atoms with Crippen molar-refractivity contribution in [1.82, 2.24) is 25.4 Å². The summed E-state index contributed by atoms with van der Waals surface area (Å²) < 4.78 is 29.7. The Hall–Kier alpha value is -5.73. The number of ether oxygens (including phenoxy) is 5. The highest BCUT2D eigenvalue weighted by molar-refractivity contribution is 7.15. The lowest BCUT2D eigenvalue weighted by Crippen LogP contribution is -2.52. The van der Waals surface area contributed by atoms with E-state index in [9.17, 15) is 24.0 Å². The number of nitrogens with one attached hydrogen (secondary N) is 3. The van der Waals surface area contributed by atoms with Gasteiger partial charge in [0.25, 0.3) is 0 Å². The van der Waals surface area contributed by atoms with Gasteiger partial charge in [-0.3, -0.25) is 33.5 Å². The third-order valence-electron chi connectivity index (χ3n) is 10.4. The minimum Gasteiger partial charge on any atom is -0.491 e. The van der Waals surface area contributed by atoms with Crippen LogP contribution in [0.4, 0.5) is 5.69 Å². The maximum absolute atomic E-state index is 13.6. The van der Waals surface area contributed by atoms with Gasteiger partial charge in [0, 0.05) is 46.1 Å². The fraction of sp³-hybridized carbons (Fsp3) is 0.510. The van der Waals surface area contributed by atoms with Crippen LogP contribution in [0, 0.1) is 20.8 Å². The number of hydrogen-bond donors (Lipinski definition) is 4. The van der Waals surface area contributed by atoms with Gasteiger partial charge in [-0.2, -0.15) is 0 Å². The predicted molar refractivity (Wildman–Crippen MR) is 263 cm³/mol. The maximum Gasteiger partial charge on any atom is 0.306 e. The highest BCUT2D eigenvalue weighted by atomic mass is 35.5. The number of aliphatic imine (C=N–C) groups is 1. The highest BCUT2D eigenvalue weighted by Gasteiger charge is 2.33. The smallest absolute Gasteiger partial charge is 0.306 e. The van der Waals surface area contributed by atoms with Crippen molar-refractivity contribution in [3.8, 4) is 10.8 Å². The molecule has 2 aromatic carbocycles. The molecule has 5 rings (SSSR count). The monoisotopic (exact) mass is 992 g/mol. The Labute approximate surface area is 412 Å². The van der Waals surface area contributed by atoms with Gasteiger partial charge in [-0.15, -0.1) is 21.5 Å². The van der Waals surface area contributed by atoms with Gasteiger partial charge in [-0.1, -0.05) is 23.7 Å². The van der Waals surface area contributed by atoms with Gasteiger partial charge in [0.05, 0.1) is 44.6 Å². The van der Waals surface area contributed by atoms with Gasteiger partial charge in [-0.05, 0) is 117 Å². The molecule has 0 bridgehead atoms. The fourth-order valence-corrected chi connectivity index (χ4v) is 8.40. The van der Waals surface area contributed by atoms with E-state index < -0.39 is 53.1 Å². The Kier molecular flexibility index (Phi) is 19.4. The Morgan fingerprint density at radius 1 is 0.797 bits per heavy atom. The lowest BCUT2D eigenvalue weighted by molar-refractivity contribution is -0.156. The zero-order chi connectivity index (χ0) is 50.5. The molecular formula is C49H65ClN8O10S. The minimum atomic E-state index is -1.09. The van der Waals surface area contributed by atoms with Crippen LogP contribution in [0.1, 0.15) is 113 Å². The van der Waals surface area contributed by atoms with Crippen LogP contribution in [-0.4, -0.2) is 113 Å². The van der Waals surface area contributed by atoms with Crippen LogP contribution in [0.25, 0.3) is 5.00 Å². The third kappa shape index (κ3) is 16.7. The molecule has 1 aliphatic rings. The molecule has 0 radical (unpaired) electrons. The van der Waals surface area contributed by atoms with Crippen molar-refractivity contribution in [3.63, 3.8) is 0 Å². The molecule has 0 saturated heterocycles. The number of halogens is 1.